The molecule has 1 amide bonds. The van der Waals surface area contributed by atoms with Crippen LogP contribution in [-0.4, -0.2) is 25.6 Å². The number of hydrogen-bond acceptors (Lipinski definition) is 3. The van der Waals surface area contributed by atoms with E-state index in [1.54, 1.807) is 18.2 Å². The van der Waals surface area contributed by atoms with Gasteiger partial charge in [0.15, 0.2) is 0 Å². The van der Waals surface area contributed by atoms with Crippen molar-refractivity contribution in [2.45, 2.75) is 33.4 Å². The quantitative estimate of drug-likeness (QED) is 0.689. The Hall–Kier alpha value is -1.69. The Bertz CT molecular complexity index is 439. The molecule has 118 valence electrons. The van der Waals surface area contributed by atoms with E-state index >= 15 is 0 Å². The van der Waals surface area contributed by atoms with Crippen LogP contribution in [0.15, 0.2) is 24.3 Å². The molecule has 1 aromatic rings. The zero-order chi connectivity index (χ0) is 15.7. The third kappa shape index (κ3) is 7.60. The van der Waals surface area contributed by atoms with Crippen molar-refractivity contribution >= 4 is 5.91 Å². The highest BCUT2D eigenvalue weighted by molar-refractivity contribution is 5.76. The highest BCUT2D eigenvalue weighted by Gasteiger charge is 2.09. The Kier molecular flexibility index (Phi) is 7.68. The summed E-state index contributed by atoms with van der Waals surface area (Å²) in [4.78, 5) is 11.5. The van der Waals surface area contributed by atoms with Gasteiger partial charge in [0.2, 0.25) is 5.91 Å². The van der Waals surface area contributed by atoms with Crippen LogP contribution in [0.4, 0.5) is 8.78 Å². The molecular weight excluding hydrogens is 278 g/mol. The average Bonchev–Trinajstić information content (AvgIpc) is 2.42. The molecule has 6 heteroatoms. The van der Waals surface area contributed by atoms with Crippen LogP contribution in [-0.2, 0) is 11.3 Å². The molecule has 21 heavy (non-hydrogen) atoms. The van der Waals surface area contributed by atoms with E-state index in [1.807, 2.05) is 13.8 Å². The van der Waals surface area contributed by atoms with Gasteiger partial charge in [-0.3, -0.25) is 4.79 Å². The summed E-state index contributed by atoms with van der Waals surface area (Å²) in [6.07, 6.45) is 0.352. The predicted octanol–water partition coefficient (Wildman–Crippen LogP) is 2.54. The maximum Gasteiger partial charge on any atom is 0.387 e. The Morgan fingerprint density at radius 1 is 1.29 bits per heavy atom. The summed E-state index contributed by atoms with van der Waals surface area (Å²) in [5.74, 6) is 0.554. The Morgan fingerprint density at radius 3 is 2.67 bits per heavy atom. The molecule has 0 saturated heterocycles. The van der Waals surface area contributed by atoms with Gasteiger partial charge in [-0.05, 0) is 12.0 Å². The van der Waals surface area contributed by atoms with Gasteiger partial charge in [0.1, 0.15) is 5.75 Å². The molecule has 4 nitrogen and oxygen atoms in total. The molecule has 0 aliphatic rings. The van der Waals surface area contributed by atoms with E-state index in [1.165, 1.54) is 6.07 Å². The first-order valence-electron chi connectivity index (χ1n) is 6.99. The minimum atomic E-state index is -2.84. The second kappa shape index (κ2) is 9.28. The van der Waals surface area contributed by atoms with Crippen LogP contribution in [0.5, 0.6) is 5.75 Å². The lowest BCUT2D eigenvalue weighted by Crippen LogP contribution is -2.30. The molecule has 0 atom stereocenters. The SMILES string of the molecule is CC(C)CNC(=O)CCNCc1ccccc1OC(F)F. The van der Waals surface area contributed by atoms with E-state index in [0.717, 1.165) is 0 Å². The fraction of sp³-hybridized carbons (Fsp3) is 0.533. The van der Waals surface area contributed by atoms with Crippen molar-refractivity contribution in [2.75, 3.05) is 13.1 Å². The van der Waals surface area contributed by atoms with E-state index < -0.39 is 6.61 Å². The summed E-state index contributed by atoms with van der Waals surface area (Å²) < 4.78 is 28.9. The number of nitrogens with one attached hydrogen (secondary N) is 2. The molecule has 2 N–H and O–H groups in total. The lowest BCUT2D eigenvalue weighted by atomic mass is 10.2. The molecule has 0 aliphatic carbocycles. The van der Waals surface area contributed by atoms with Crippen molar-refractivity contribution in [3.8, 4) is 5.75 Å². The number of hydrogen-bond donors (Lipinski definition) is 2. The second-order valence-corrected chi connectivity index (χ2v) is 5.11. The van der Waals surface area contributed by atoms with E-state index in [-0.39, 0.29) is 11.7 Å². The van der Waals surface area contributed by atoms with Crippen LogP contribution in [0.3, 0.4) is 0 Å². The molecule has 0 aliphatic heterocycles. The van der Waals surface area contributed by atoms with Gasteiger partial charge in [0.25, 0.3) is 0 Å². The summed E-state index contributed by atoms with van der Waals surface area (Å²) in [5, 5.41) is 5.86. The van der Waals surface area contributed by atoms with Crippen molar-refractivity contribution in [2.24, 2.45) is 5.92 Å². The molecule has 0 radical (unpaired) electrons. The number of rotatable bonds is 9. The smallest absolute Gasteiger partial charge is 0.387 e. The first-order chi connectivity index (χ1) is 9.99. The summed E-state index contributed by atoms with van der Waals surface area (Å²) in [7, 11) is 0. The van der Waals surface area contributed by atoms with E-state index in [9.17, 15) is 13.6 Å². The fourth-order valence-corrected chi connectivity index (χ4v) is 1.69. The highest BCUT2D eigenvalue weighted by Crippen LogP contribution is 2.19. The molecule has 0 spiro atoms. The molecule has 0 aromatic heterocycles. The molecular formula is C15H22F2N2O2. The normalized spacial score (nSPS) is 11.0. The standard InChI is InChI=1S/C15H22F2N2O2/c1-11(2)9-19-14(20)7-8-18-10-12-5-3-4-6-13(12)21-15(16)17/h3-6,11,15,18H,7-10H2,1-2H3,(H,19,20). The topological polar surface area (TPSA) is 50.4 Å². The lowest BCUT2D eigenvalue weighted by molar-refractivity contribution is -0.121. The van der Waals surface area contributed by atoms with E-state index in [2.05, 4.69) is 15.4 Å². The van der Waals surface area contributed by atoms with Gasteiger partial charge in [-0.15, -0.1) is 0 Å². The van der Waals surface area contributed by atoms with E-state index in [0.29, 0.717) is 37.5 Å². The van der Waals surface area contributed by atoms with Crippen molar-refractivity contribution in [3.05, 3.63) is 29.8 Å². The van der Waals surface area contributed by atoms with Crippen molar-refractivity contribution in [1.82, 2.24) is 10.6 Å². The zero-order valence-electron chi connectivity index (χ0n) is 12.4. The highest BCUT2D eigenvalue weighted by atomic mass is 19.3. The number of carbonyl (C=O) groups is 1. The van der Waals surface area contributed by atoms with E-state index in [4.69, 9.17) is 0 Å². The lowest BCUT2D eigenvalue weighted by Gasteiger charge is -2.11. The van der Waals surface area contributed by atoms with Gasteiger partial charge >= 0.3 is 6.61 Å². The van der Waals surface area contributed by atoms with Gasteiger partial charge in [0, 0.05) is 31.6 Å². The number of benzene rings is 1. The van der Waals surface area contributed by atoms with Crippen LogP contribution >= 0.6 is 0 Å². The maximum absolute atomic E-state index is 12.2. The molecule has 0 saturated carbocycles. The van der Waals surface area contributed by atoms with Gasteiger partial charge in [-0.2, -0.15) is 8.78 Å². The molecule has 0 heterocycles. The van der Waals surface area contributed by atoms with Crippen LogP contribution in [0.2, 0.25) is 0 Å². The third-order valence-corrected chi connectivity index (χ3v) is 2.74. The average molecular weight is 300 g/mol. The van der Waals surface area contributed by atoms with Crippen LogP contribution in [0.1, 0.15) is 25.8 Å². The Morgan fingerprint density at radius 2 is 2.00 bits per heavy atom. The number of halogens is 2. The predicted molar refractivity (Wildman–Crippen MR) is 77.2 cm³/mol. The van der Waals surface area contributed by atoms with Gasteiger partial charge in [-0.1, -0.05) is 32.0 Å². The Labute approximate surface area is 123 Å². The summed E-state index contributed by atoms with van der Waals surface area (Å²) in [5.41, 5.74) is 0.639. The molecule has 1 aromatic carbocycles. The molecule has 0 unspecified atom stereocenters. The van der Waals surface area contributed by atoms with Crippen molar-refractivity contribution in [3.63, 3.8) is 0 Å². The Balaban J connectivity index is 2.31. The maximum atomic E-state index is 12.2. The van der Waals surface area contributed by atoms with Crippen LogP contribution in [0.25, 0.3) is 0 Å². The molecule has 0 bridgehead atoms. The first-order valence-corrected chi connectivity index (χ1v) is 6.99. The minimum absolute atomic E-state index is 0.0201. The van der Waals surface area contributed by atoms with Crippen LogP contribution in [0, 0.1) is 5.92 Å². The molecule has 1 rings (SSSR count). The van der Waals surface area contributed by atoms with Gasteiger partial charge < -0.3 is 15.4 Å². The largest absolute Gasteiger partial charge is 0.434 e. The van der Waals surface area contributed by atoms with Crippen molar-refractivity contribution < 1.29 is 18.3 Å². The summed E-state index contributed by atoms with van der Waals surface area (Å²) in [6.45, 7) is 2.72. The minimum Gasteiger partial charge on any atom is -0.434 e. The first kappa shape index (κ1) is 17.4. The van der Waals surface area contributed by atoms with Crippen molar-refractivity contribution in [1.29, 1.82) is 0 Å². The number of para-hydroxylation sites is 1. The number of ether oxygens (including phenoxy) is 1. The monoisotopic (exact) mass is 300 g/mol. The zero-order valence-corrected chi connectivity index (χ0v) is 12.4. The summed E-state index contributed by atoms with van der Waals surface area (Å²) >= 11 is 0. The van der Waals surface area contributed by atoms with Gasteiger partial charge in [-0.25, -0.2) is 0 Å². The fourth-order valence-electron chi connectivity index (χ4n) is 1.69. The summed E-state index contributed by atoms with van der Waals surface area (Å²) in [6, 6.07) is 6.60. The molecule has 0 fully saturated rings. The number of alkyl halides is 2. The number of amides is 1. The van der Waals surface area contributed by atoms with Crippen LogP contribution < -0.4 is 15.4 Å². The number of carbonyl (C=O) groups excluding carboxylic acids is 1. The van der Waals surface area contributed by atoms with Gasteiger partial charge in [0.05, 0.1) is 0 Å². The third-order valence-electron chi connectivity index (χ3n) is 2.74. The second-order valence-electron chi connectivity index (χ2n) is 5.11.